The lowest BCUT2D eigenvalue weighted by Gasteiger charge is -2.18. The van der Waals surface area contributed by atoms with Crippen molar-refractivity contribution in [1.29, 1.82) is 0 Å². The molecule has 64 heavy (non-hydrogen) atoms. The van der Waals surface area contributed by atoms with Gasteiger partial charge in [0.1, 0.15) is 13.2 Å². The van der Waals surface area contributed by atoms with Gasteiger partial charge in [-0.15, -0.1) is 0 Å². The number of carbonyl (C=O) groups is 3. The average Bonchev–Trinajstić information content (AvgIpc) is 3.27. The number of esters is 3. The van der Waals surface area contributed by atoms with E-state index in [1.807, 2.05) is 0 Å². The monoisotopic (exact) mass is 905 g/mol. The van der Waals surface area contributed by atoms with Gasteiger partial charge in [0.05, 0.1) is 0 Å². The summed E-state index contributed by atoms with van der Waals surface area (Å²) in [6.07, 6.45) is 53.8. The van der Waals surface area contributed by atoms with Crippen LogP contribution in [0.4, 0.5) is 0 Å². The Bertz CT molecular complexity index is 978. The summed E-state index contributed by atoms with van der Waals surface area (Å²) in [5.74, 6) is 0.854. The van der Waals surface area contributed by atoms with E-state index in [0.29, 0.717) is 19.3 Å². The highest BCUT2D eigenvalue weighted by Gasteiger charge is 2.19. The van der Waals surface area contributed by atoms with Crippen molar-refractivity contribution in [3.63, 3.8) is 0 Å². The first-order chi connectivity index (χ1) is 31.2. The van der Waals surface area contributed by atoms with Gasteiger partial charge >= 0.3 is 17.9 Å². The normalized spacial score (nSPS) is 12.0. The van der Waals surface area contributed by atoms with Gasteiger partial charge in [0.25, 0.3) is 0 Å². The number of ether oxygens (including phenoxy) is 3. The lowest BCUT2D eigenvalue weighted by Crippen LogP contribution is -2.30. The van der Waals surface area contributed by atoms with E-state index in [4.69, 9.17) is 14.2 Å². The molecule has 0 saturated heterocycles. The van der Waals surface area contributed by atoms with Crippen LogP contribution in [-0.4, -0.2) is 37.2 Å². The second kappa shape index (κ2) is 50.8. The third-order valence-electron chi connectivity index (χ3n) is 13.2. The van der Waals surface area contributed by atoms with Crippen LogP contribution in [0.3, 0.4) is 0 Å². The Morgan fingerprint density at radius 3 is 0.766 bits per heavy atom. The number of hydrogen-bond donors (Lipinski definition) is 0. The summed E-state index contributed by atoms with van der Waals surface area (Å²) in [7, 11) is 0. The minimum atomic E-state index is -0.762. The van der Waals surface area contributed by atoms with Crippen molar-refractivity contribution in [2.75, 3.05) is 13.2 Å². The van der Waals surface area contributed by atoms with Gasteiger partial charge in [-0.2, -0.15) is 0 Å². The first kappa shape index (κ1) is 62.4. The van der Waals surface area contributed by atoms with Crippen LogP contribution in [0.15, 0.2) is 0 Å². The Morgan fingerprint density at radius 2 is 0.516 bits per heavy atom. The van der Waals surface area contributed by atoms with Gasteiger partial charge in [-0.25, -0.2) is 0 Å². The molecule has 380 valence electrons. The largest absolute Gasteiger partial charge is 0.462 e. The highest BCUT2D eigenvalue weighted by atomic mass is 16.6. The molecule has 0 aromatic carbocycles. The standard InChI is InChI=1S/C58H112O6/c1-6-7-8-9-10-11-21-30-35-40-45-50-58(61)64-55(52-63-57(60)49-44-39-34-29-25-20-16-15-18-23-27-32-37-42-47-54(4)5)51-62-56(59)48-43-38-33-28-24-19-14-12-13-17-22-26-31-36-41-46-53(2)3/h53-55H,6-52H2,1-5H3/t55-/m0/s1. The quantitative estimate of drug-likeness (QED) is 0.0344. The molecule has 0 amide bonds. The SMILES string of the molecule is CCCCCCCCCCCCCC(=O)O[C@@H](COC(=O)CCCCCCCCCCCCCCCCCC(C)C)COC(=O)CCCCCCCCCCCCCCCCC(C)C. The van der Waals surface area contributed by atoms with E-state index in [1.165, 1.54) is 212 Å². The Labute approximate surface area is 399 Å². The smallest absolute Gasteiger partial charge is 0.306 e. The van der Waals surface area contributed by atoms with Gasteiger partial charge in [-0.3, -0.25) is 14.4 Å². The molecule has 0 heterocycles. The minimum absolute atomic E-state index is 0.0626. The highest BCUT2D eigenvalue weighted by molar-refractivity contribution is 5.71. The van der Waals surface area contributed by atoms with Crippen molar-refractivity contribution in [1.82, 2.24) is 0 Å². The zero-order chi connectivity index (χ0) is 46.8. The number of rotatable bonds is 52. The van der Waals surface area contributed by atoms with Crippen molar-refractivity contribution in [3.8, 4) is 0 Å². The Morgan fingerprint density at radius 1 is 0.297 bits per heavy atom. The van der Waals surface area contributed by atoms with Crippen LogP contribution < -0.4 is 0 Å². The molecule has 0 aromatic heterocycles. The number of unbranched alkanes of at least 4 members (excludes halogenated alkanes) is 37. The molecule has 0 bridgehead atoms. The van der Waals surface area contributed by atoms with Crippen LogP contribution in [0.25, 0.3) is 0 Å². The molecule has 0 aliphatic heterocycles. The van der Waals surface area contributed by atoms with E-state index >= 15 is 0 Å². The van der Waals surface area contributed by atoms with Gasteiger partial charge < -0.3 is 14.2 Å². The van der Waals surface area contributed by atoms with Crippen LogP contribution in [0.1, 0.15) is 324 Å². The first-order valence-corrected chi connectivity index (χ1v) is 28.7. The second-order valence-electron chi connectivity index (χ2n) is 20.9. The predicted octanol–water partition coefficient (Wildman–Crippen LogP) is 18.9. The summed E-state index contributed by atoms with van der Waals surface area (Å²) in [5.41, 5.74) is 0. The van der Waals surface area contributed by atoms with E-state index in [1.54, 1.807) is 0 Å². The summed E-state index contributed by atoms with van der Waals surface area (Å²) in [6.45, 7) is 11.4. The summed E-state index contributed by atoms with van der Waals surface area (Å²) in [5, 5.41) is 0. The molecule has 1 atom stereocenters. The lowest BCUT2D eigenvalue weighted by molar-refractivity contribution is -0.167. The Hall–Kier alpha value is -1.59. The van der Waals surface area contributed by atoms with Crippen LogP contribution >= 0.6 is 0 Å². The Balaban J connectivity index is 4.24. The van der Waals surface area contributed by atoms with Crippen LogP contribution in [0, 0.1) is 11.8 Å². The van der Waals surface area contributed by atoms with Crippen molar-refractivity contribution in [2.45, 2.75) is 330 Å². The maximum absolute atomic E-state index is 12.8. The van der Waals surface area contributed by atoms with Crippen LogP contribution in [0.2, 0.25) is 0 Å². The fraction of sp³-hybridized carbons (Fsp3) is 0.948. The average molecular weight is 906 g/mol. The lowest BCUT2D eigenvalue weighted by atomic mass is 10.0. The van der Waals surface area contributed by atoms with Gasteiger partial charge in [-0.05, 0) is 31.1 Å². The molecular weight excluding hydrogens is 793 g/mol. The van der Waals surface area contributed by atoms with Gasteiger partial charge in [0.2, 0.25) is 0 Å². The predicted molar refractivity (Wildman–Crippen MR) is 275 cm³/mol. The van der Waals surface area contributed by atoms with E-state index in [-0.39, 0.29) is 31.1 Å². The summed E-state index contributed by atoms with van der Waals surface area (Å²) in [4.78, 5) is 38.1. The zero-order valence-corrected chi connectivity index (χ0v) is 43.9. The van der Waals surface area contributed by atoms with E-state index in [2.05, 4.69) is 34.6 Å². The van der Waals surface area contributed by atoms with Crippen molar-refractivity contribution >= 4 is 17.9 Å². The van der Waals surface area contributed by atoms with Gasteiger partial charge in [-0.1, -0.05) is 285 Å². The topological polar surface area (TPSA) is 78.9 Å². The minimum Gasteiger partial charge on any atom is -0.462 e. The highest BCUT2D eigenvalue weighted by Crippen LogP contribution is 2.18. The fourth-order valence-corrected chi connectivity index (χ4v) is 8.87. The molecule has 0 unspecified atom stereocenters. The molecule has 6 nitrogen and oxygen atoms in total. The zero-order valence-electron chi connectivity index (χ0n) is 43.9. The summed E-state index contributed by atoms with van der Waals surface area (Å²) in [6, 6.07) is 0. The molecule has 0 spiro atoms. The molecule has 0 saturated carbocycles. The summed E-state index contributed by atoms with van der Waals surface area (Å²) < 4.78 is 16.9. The number of hydrogen-bond acceptors (Lipinski definition) is 6. The molecule has 0 aliphatic carbocycles. The molecule has 0 rings (SSSR count). The molecular formula is C58H112O6. The molecule has 0 N–H and O–H groups in total. The maximum Gasteiger partial charge on any atom is 0.306 e. The van der Waals surface area contributed by atoms with E-state index in [0.717, 1.165) is 69.6 Å². The molecule has 0 aliphatic rings. The van der Waals surface area contributed by atoms with E-state index < -0.39 is 6.10 Å². The van der Waals surface area contributed by atoms with Crippen LogP contribution in [0.5, 0.6) is 0 Å². The van der Waals surface area contributed by atoms with Crippen LogP contribution in [-0.2, 0) is 28.6 Å². The fourth-order valence-electron chi connectivity index (χ4n) is 8.87. The third-order valence-corrected chi connectivity index (χ3v) is 13.2. The Kier molecular flexibility index (Phi) is 49.6. The second-order valence-corrected chi connectivity index (χ2v) is 20.9. The molecule has 0 fully saturated rings. The van der Waals surface area contributed by atoms with Crippen molar-refractivity contribution in [2.24, 2.45) is 11.8 Å². The maximum atomic E-state index is 12.8. The van der Waals surface area contributed by atoms with Crippen molar-refractivity contribution < 1.29 is 28.6 Å². The van der Waals surface area contributed by atoms with Gasteiger partial charge in [0, 0.05) is 19.3 Å². The van der Waals surface area contributed by atoms with Gasteiger partial charge in [0.15, 0.2) is 6.10 Å². The molecule has 0 aromatic rings. The third kappa shape index (κ3) is 51.4. The van der Waals surface area contributed by atoms with E-state index in [9.17, 15) is 14.4 Å². The van der Waals surface area contributed by atoms with Crippen molar-refractivity contribution in [3.05, 3.63) is 0 Å². The summed E-state index contributed by atoms with van der Waals surface area (Å²) >= 11 is 0. The number of carbonyl (C=O) groups excluding carboxylic acids is 3. The molecule has 0 radical (unpaired) electrons. The first-order valence-electron chi connectivity index (χ1n) is 28.7. The molecule has 6 heteroatoms.